The van der Waals surface area contributed by atoms with Crippen molar-refractivity contribution in [2.75, 3.05) is 32.7 Å². The smallest absolute Gasteiger partial charge is 0.224 e. The lowest BCUT2D eigenvalue weighted by atomic mass is 9.96. The fourth-order valence-electron chi connectivity index (χ4n) is 3.69. The van der Waals surface area contributed by atoms with E-state index in [1.165, 1.54) is 11.1 Å². The lowest BCUT2D eigenvalue weighted by Crippen LogP contribution is -2.54. The molecule has 0 atom stereocenters. The van der Waals surface area contributed by atoms with Crippen LogP contribution in [0.4, 0.5) is 0 Å². The van der Waals surface area contributed by atoms with Crippen LogP contribution in [0.2, 0.25) is 0 Å². The van der Waals surface area contributed by atoms with E-state index in [1.807, 2.05) is 5.01 Å². The summed E-state index contributed by atoms with van der Waals surface area (Å²) >= 11 is 0. The van der Waals surface area contributed by atoms with Gasteiger partial charge in [-0.15, -0.1) is 0 Å². The molecule has 1 aliphatic rings. The monoisotopic (exact) mass is 351 g/mol. The van der Waals surface area contributed by atoms with E-state index in [0.29, 0.717) is 0 Å². The third kappa shape index (κ3) is 4.51. The average Bonchev–Trinajstić information content (AvgIpc) is 2.71. The summed E-state index contributed by atoms with van der Waals surface area (Å²) in [6, 6.07) is 21.7. The van der Waals surface area contributed by atoms with Gasteiger partial charge in [0.05, 0.1) is 6.04 Å². The predicted octanol–water partition coefficient (Wildman–Crippen LogP) is 3.57. The van der Waals surface area contributed by atoms with Gasteiger partial charge in [0.15, 0.2) is 0 Å². The molecular formula is C22H29N3O. The number of benzene rings is 2. The zero-order chi connectivity index (χ0) is 18.2. The molecule has 1 heterocycles. The first-order valence-electron chi connectivity index (χ1n) is 9.64. The van der Waals surface area contributed by atoms with Crippen LogP contribution in [0.1, 0.15) is 36.9 Å². The summed E-state index contributed by atoms with van der Waals surface area (Å²) < 4.78 is 0. The van der Waals surface area contributed by atoms with Gasteiger partial charge in [0.25, 0.3) is 0 Å². The van der Waals surface area contributed by atoms with E-state index in [4.69, 9.17) is 0 Å². The van der Waals surface area contributed by atoms with Crippen LogP contribution < -0.4 is 0 Å². The molecule has 1 amide bonds. The van der Waals surface area contributed by atoms with Crippen LogP contribution in [0.15, 0.2) is 60.7 Å². The fourth-order valence-corrected chi connectivity index (χ4v) is 3.69. The third-order valence-corrected chi connectivity index (χ3v) is 5.11. The summed E-state index contributed by atoms with van der Waals surface area (Å²) in [4.78, 5) is 14.0. The van der Waals surface area contributed by atoms with Gasteiger partial charge in [-0.2, -0.15) is 0 Å². The Balaban J connectivity index is 1.73. The molecule has 0 unspecified atom stereocenters. The highest BCUT2D eigenvalue weighted by Crippen LogP contribution is 2.29. The number of hydrazine groups is 1. The van der Waals surface area contributed by atoms with Crippen LogP contribution in [0.3, 0.4) is 0 Å². The molecule has 3 rings (SSSR count). The maximum Gasteiger partial charge on any atom is 0.224 e. The molecule has 2 aromatic carbocycles. The Morgan fingerprint density at radius 2 is 1.46 bits per heavy atom. The van der Waals surface area contributed by atoms with Gasteiger partial charge in [0, 0.05) is 32.7 Å². The number of carbonyl (C=O) groups is 1. The summed E-state index contributed by atoms with van der Waals surface area (Å²) in [5.41, 5.74) is 2.65. The molecule has 4 nitrogen and oxygen atoms in total. The van der Waals surface area contributed by atoms with Crippen molar-refractivity contribution in [2.45, 2.75) is 25.8 Å². The topological polar surface area (TPSA) is 26.8 Å². The lowest BCUT2D eigenvalue weighted by molar-refractivity contribution is -0.138. The Hall–Kier alpha value is -2.17. The van der Waals surface area contributed by atoms with Crippen molar-refractivity contribution in [2.24, 2.45) is 0 Å². The second kappa shape index (κ2) is 9.51. The highest BCUT2D eigenvalue weighted by atomic mass is 16.1. The van der Waals surface area contributed by atoms with Gasteiger partial charge in [-0.1, -0.05) is 74.0 Å². The Morgan fingerprint density at radius 1 is 0.923 bits per heavy atom. The molecule has 1 saturated heterocycles. The van der Waals surface area contributed by atoms with Crippen LogP contribution in [0, 0.1) is 0 Å². The second-order valence-electron chi connectivity index (χ2n) is 6.84. The lowest BCUT2D eigenvalue weighted by Gasteiger charge is -2.42. The van der Waals surface area contributed by atoms with E-state index in [9.17, 15) is 4.79 Å². The number of hydrogen-bond acceptors (Lipinski definition) is 3. The zero-order valence-corrected chi connectivity index (χ0v) is 15.6. The number of hydrogen-bond donors (Lipinski definition) is 0. The molecule has 1 fully saturated rings. The minimum Gasteiger partial charge on any atom is -0.290 e. The Morgan fingerprint density at radius 3 is 1.92 bits per heavy atom. The Kier molecular flexibility index (Phi) is 6.81. The van der Waals surface area contributed by atoms with Crippen LogP contribution in [-0.2, 0) is 4.79 Å². The van der Waals surface area contributed by atoms with Gasteiger partial charge in [-0.3, -0.25) is 14.7 Å². The molecule has 0 radical (unpaired) electrons. The molecule has 0 saturated carbocycles. The van der Waals surface area contributed by atoms with Crippen LogP contribution in [0.5, 0.6) is 0 Å². The first kappa shape index (κ1) is 18.6. The second-order valence-corrected chi connectivity index (χ2v) is 6.84. The maximum absolute atomic E-state index is 11.4. The minimum absolute atomic E-state index is 0.264. The van der Waals surface area contributed by atoms with Crippen molar-refractivity contribution in [3.63, 3.8) is 0 Å². The molecule has 4 heteroatoms. The third-order valence-electron chi connectivity index (χ3n) is 5.11. The van der Waals surface area contributed by atoms with E-state index < -0.39 is 0 Å². The van der Waals surface area contributed by atoms with Gasteiger partial charge in [-0.25, -0.2) is 5.01 Å². The Bertz CT molecular complexity index is 614. The molecule has 26 heavy (non-hydrogen) atoms. The normalized spacial score (nSPS) is 15.9. The van der Waals surface area contributed by atoms with E-state index in [1.54, 1.807) is 0 Å². The van der Waals surface area contributed by atoms with Gasteiger partial charge in [-0.05, 0) is 17.5 Å². The summed E-state index contributed by atoms with van der Waals surface area (Å²) in [6.07, 6.45) is 3.14. The first-order chi connectivity index (χ1) is 12.8. The van der Waals surface area contributed by atoms with Gasteiger partial charge >= 0.3 is 0 Å². The molecule has 138 valence electrons. The highest BCUT2D eigenvalue weighted by molar-refractivity contribution is 5.46. The number of nitrogens with zero attached hydrogens (tertiary/aromatic N) is 3. The van der Waals surface area contributed by atoms with Crippen molar-refractivity contribution in [1.82, 2.24) is 14.9 Å². The van der Waals surface area contributed by atoms with Crippen molar-refractivity contribution >= 4 is 6.41 Å². The van der Waals surface area contributed by atoms with Crippen LogP contribution in [0.25, 0.3) is 0 Å². The van der Waals surface area contributed by atoms with E-state index in [2.05, 4.69) is 77.5 Å². The van der Waals surface area contributed by atoms with Crippen molar-refractivity contribution in [1.29, 1.82) is 0 Å². The van der Waals surface area contributed by atoms with Crippen molar-refractivity contribution < 1.29 is 4.79 Å². The van der Waals surface area contributed by atoms with Gasteiger partial charge < -0.3 is 0 Å². The summed E-state index contributed by atoms with van der Waals surface area (Å²) in [6.45, 7) is 6.65. The molecule has 2 aromatic rings. The molecule has 0 aromatic heterocycles. The summed E-state index contributed by atoms with van der Waals surface area (Å²) in [5.74, 6) is 0. The number of carbonyl (C=O) groups excluding carboxylic acids is 1. The average molecular weight is 351 g/mol. The molecule has 0 spiro atoms. The molecule has 0 N–H and O–H groups in total. The number of rotatable bonds is 8. The predicted molar refractivity (Wildman–Crippen MR) is 106 cm³/mol. The molecule has 1 aliphatic heterocycles. The van der Waals surface area contributed by atoms with E-state index >= 15 is 0 Å². The van der Waals surface area contributed by atoms with Gasteiger partial charge in [0.1, 0.15) is 0 Å². The Labute approximate surface area is 157 Å². The van der Waals surface area contributed by atoms with E-state index in [0.717, 1.165) is 52.0 Å². The first-order valence-corrected chi connectivity index (χ1v) is 9.64. The highest BCUT2D eigenvalue weighted by Gasteiger charge is 2.27. The molecule has 0 bridgehead atoms. The maximum atomic E-state index is 11.4. The SMILES string of the molecule is CCCCN(C=O)N1CCN(C(c2ccccc2)c2ccccc2)CC1. The molecule has 0 aliphatic carbocycles. The fraction of sp³-hybridized carbons (Fsp3) is 0.409. The largest absolute Gasteiger partial charge is 0.290 e. The number of unbranched alkanes of at least 4 members (excludes halogenated alkanes) is 1. The zero-order valence-electron chi connectivity index (χ0n) is 15.6. The summed E-state index contributed by atoms with van der Waals surface area (Å²) in [7, 11) is 0. The van der Waals surface area contributed by atoms with Crippen LogP contribution in [-0.4, -0.2) is 54.1 Å². The quantitative estimate of drug-likeness (QED) is 0.680. The van der Waals surface area contributed by atoms with Crippen molar-refractivity contribution in [3.05, 3.63) is 71.8 Å². The van der Waals surface area contributed by atoms with Crippen molar-refractivity contribution in [3.8, 4) is 0 Å². The molecular weight excluding hydrogens is 322 g/mol. The minimum atomic E-state index is 0.264. The number of amides is 1. The van der Waals surface area contributed by atoms with Gasteiger partial charge in [0.2, 0.25) is 6.41 Å². The summed E-state index contributed by atoms with van der Waals surface area (Å²) in [5, 5.41) is 4.06. The number of piperazine rings is 1. The van der Waals surface area contributed by atoms with E-state index in [-0.39, 0.29) is 6.04 Å². The van der Waals surface area contributed by atoms with Crippen LogP contribution >= 0.6 is 0 Å². The standard InChI is InChI=1S/C22H29N3O/c1-2-3-14-25(19-26)24-17-15-23(16-18-24)22(20-10-6-4-7-11-20)21-12-8-5-9-13-21/h4-13,19,22H,2-3,14-18H2,1H3.